The van der Waals surface area contributed by atoms with Crippen molar-refractivity contribution in [3.63, 3.8) is 0 Å². The van der Waals surface area contributed by atoms with Gasteiger partial charge in [0.15, 0.2) is 17.2 Å². The van der Waals surface area contributed by atoms with Crippen LogP contribution in [0.4, 0.5) is 0 Å². The lowest BCUT2D eigenvalue weighted by atomic mass is 10.0. The van der Waals surface area contributed by atoms with E-state index in [0.717, 1.165) is 18.4 Å². The number of hydrogen-bond acceptors (Lipinski definition) is 7. The molecule has 0 aliphatic heterocycles. The highest BCUT2D eigenvalue weighted by atomic mass is 32.2. The fraction of sp³-hybridized carbons (Fsp3) is 0.500. The van der Waals surface area contributed by atoms with E-state index < -0.39 is 10.1 Å². The average molecular weight is 515 g/mol. The van der Waals surface area contributed by atoms with Gasteiger partial charge in [0.2, 0.25) is 0 Å². The number of nitrogens with zero attached hydrogens (tertiary/aromatic N) is 2. The van der Waals surface area contributed by atoms with Gasteiger partial charge in [-0.15, -0.1) is 0 Å². The third kappa shape index (κ3) is 9.54. The SMILES string of the molecule is CCCCCCCCCCCCc1ccc(S(=O)(=O)O/N=C(\C#N)c2ccc(OC)c(OC)c2)cc1. The van der Waals surface area contributed by atoms with Gasteiger partial charge >= 0.3 is 10.1 Å². The molecule has 0 aliphatic rings. The van der Waals surface area contributed by atoms with Crippen LogP contribution in [0.1, 0.15) is 82.3 Å². The number of aryl methyl sites for hydroxylation is 1. The summed E-state index contributed by atoms with van der Waals surface area (Å²) in [5.74, 6) is 0.865. The molecule has 36 heavy (non-hydrogen) atoms. The number of benzene rings is 2. The summed E-state index contributed by atoms with van der Waals surface area (Å²) >= 11 is 0. The van der Waals surface area contributed by atoms with E-state index in [-0.39, 0.29) is 10.6 Å². The van der Waals surface area contributed by atoms with Gasteiger partial charge in [0, 0.05) is 5.56 Å². The first kappa shape index (κ1) is 29.2. The van der Waals surface area contributed by atoms with Crippen LogP contribution < -0.4 is 9.47 Å². The fourth-order valence-corrected chi connectivity index (χ4v) is 4.62. The van der Waals surface area contributed by atoms with Gasteiger partial charge in [-0.2, -0.15) is 13.7 Å². The van der Waals surface area contributed by atoms with Crippen LogP contribution in [0.2, 0.25) is 0 Å². The molecule has 196 valence electrons. The van der Waals surface area contributed by atoms with Gasteiger partial charge in [-0.1, -0.05) is 82.0 Å². The van der Waals surface area contributed by atoms with Crippen LogP contribution >= 0.6 is 0 Å². The summed E-state index contributed by atoms with van der Waals surface area (Å²) in [6.07, 6.45) is 13.7. The van der Waals surface area contributed by atoms with Gasteiger partial charge in [-0.25, -0.2) is 0 Å². The number of ether oxygens (including phenoxy) is 2. The van der Waals surface area contributed by atoms with Crippen molar-refractivity contribution in [2.45, 2.75) is 82.4 Å². The van der Waals surface area contributed by atoms with Crippen LogP contribution in [-0.4, -0.2) is 28.3 Å². The van der Waals surface area contributed by atoms with Crippen molar-refractivity contribution in [1.29, 1.82) is 5.26 Å². The third-order valence-corrected chi connectivity index (χ3v) is 7.14. The van der Waals surface area contributed by atoms with E-state index in [1.54, 1.807) is 24.3 Å². The third-order valence-electron chi connectivity index (χ3n) is 6.02. The minimum Gasteiger partial charge on any atom is -0.493 e. The number of methoxy groups -OCH3 is 2. The van der Waals surface area contributed by atoms with E-state index in [1.165, 1.54) is 90.2 Å². The monoisotopic (exact) mass is 514 g/mol. The summed E-state index contributed by atoms with van der Waals surface area (Å²) in [4.78, 5) is -0.0114. The summed E-state index contributed by atoms with van der Waals surface area (Å²) in [5, 5.41) is 13.0. The molecule has 0 atom stereocenters. The zero-order chi connectivity index (χ0) is 26.2. The Kier molecular flexibility index (Phi) is 12.8. The van der Waals surface area contributed by atoms with Crippen LogP contribution in [0, 0.1) is 11.3 Å². The molecule has 0 heterocycles. The minimum absolute atomic E-state index is 0.0114. The topological polar surface area (TPSA) is 98.0 Å². The smallest absolute Gasteiger partial charge is 0.358 e. The Morgan fingerprint density at radius 1 is 0.833 bits per heavy atom. The molecule has 7 nitrogen and oxygen atoms in total. The molecule has 0 radical (unpaired) electrons. The van der Waals surface area contributed by atoms with E-state index in [4.69, 9.17) is 13.8 Å². The van der Waals surface area contributed by atoms with E-state index in [1.807, 2.05) is 6.07 Å². The molecular weight excluding hydrogens is 476 g/mol. The van der Waals surface area contributed by atoms with Crippen LogP contribution in [0.15, 0.2) is 52.5 Å². The standard InChI is InChI=1S/C28H38N2O5S/c1-4-5-6-7-8-9-10-11-12-13-14-23-15-18-25(19-16-23)36(31,32)35-30-26(22-29)24-17-20-27(33-2)28(21-24)34-3/h15-21H,4-14H2,1-3H3/b30-26+. The Balaban J connectivity index is 1.85. The van der Waals surface area contributed by atoms with Crippen LogP contribution in [0.3, 0.4) is 0 Å². The molecule has 0 aliphatic carbocycles. The Morgan fingerprint density at radius 3 is 1.97 bits per heavy atom. The van der Waals surface area contributed by atoms with Crippen molar-refractivity contribution in [1.82, 2.24) is 0 Å². The molecule has 2 aromatic rings. The first-order chi connectivity index (χ1) is 17.4. The maximum Gasteiger partial charge on any atom is 0.358 e. The predicted molar refractivity (Wildman–Crippen MR) is 142 cm³/mol. The molecule has 0 N–H and O–H groups in total. The van der Waals surface area contributed by atoms with E-state index >= 15 is 0 Å². The highest BCUT2D eigenvalue weighted by Crippen LogP contribution is 2.28. The Labute approximate surface area is 216 Å². The second kappa shape index (κ2) is 15.8. The molecule has 0 bridgehead atoms. The maximum absolute atomic E-state index is 12.6. The van der Waals surface area contributed by atoms with Gasteiger partial charge < -0.3 is 9.47 Å². The Hall–Kier alpha value is -3.05. The van der Waals surface area contributed by atoms with Crippen LogP contribution in [0.25, 0.3) is 0 Å². The second-order valence-corrected chi connectivity index (χ2v) is 10.3. The molecule has 0 saturated heterocycles. The fourth-order valence-electron chi connectivity index (χ4n) is 3.89. The Morgan fingerprint density at radius 2 is 1.42 bits per heavy atom. The Bertz CT molecular complexity index is 1110. The van der Waals surface area contributed by atoms with Gasteiger partial charge in [0.25, 0.3) is 0 Å². The van der Waals surface area contributed by atoms with Crippen molar-refractivity contribution in [3.05, 3.63) is 53.6 Å². The molecule has 0 saturated carbocycles. The first-order valence-electron chi connectivity index (χ1n) is 12.7. The number of unbranched alkanes of at least 4 members (excludes halogenated alkanes) is 9. The molecule has 0 amide bonds. The van der Waals surface area contributed by atoms with Crippen molar-refractivity contribution in [2.24, 2.45) is 5.16 Å². The average Bonchev–Trinajstić information content (AvgIpc) is 2.90. The number of rotatable bonds is 17. The van der Waals surface area contributed by atoms with Crippen molar-refractivity contribution < 1.29 is 22.2 Å². The van der Waals surface area contributed by atoms with Gasteiger partial charge in [0.05, 0.1) is 14.2 Å². The molecule has 2 rings (SSSR count). The maximum atomic E-state index is 12.6. The molecule has 8 heteroatoms. The van der Waals surface area contributed by atoms with Crippen molar-refractivity contribution in [2.75, 3.05) is 14.2 Å². The summed E-state index contributed by atoms with van der Waals surface area (Å²) in [6.45, 7) is 2.24. The summed E-state index contributed by atoms with van der Waals surface area (Å²) in [5.41, 5.74) is 1.23. The normalized spacial score (nSPS) is 11.7. The van der Waals surface area contributed by atoms with Crippen molar-refractivity contribution >= 4 is 15.8 Å². The first-order valence-corrected chi connectivity index (χ1v) is 14.1. The minimum atomic E-state index is -4.16. The van der Waals surface area contributed by atoms with Crippen LogP contribution in [-0.2, 0) is 20.8 Å². The number of nitriles is 1. The molecule has 0 spiro atoms. The largest absolute Gasteiger partial charge is 0.493 e. The van der Waals surface area contributed by atoms with Gasteiger partial charge in [0.1, 0.15) is 11.0 Å². The zero-order valence-corrected chi connectivity index (χ0v) is 22.5. The second-order valence-electron chi connectivity index (χ2n) is 8.73. The zero-order valence-electron chi connectivity index (χ0n) is 21.7. The predicted octanol–water partition coefficient (Wildman–Crippen LogP) is 6.80. The molecular formula is C28H38N2O5S. The highest BCUT2D eigenvalue weighted by molar-refractivity contribution is 7.86. The summed E-state index contributed by atoms with van der Waals surface area (Å²) in [7, 11) is -1.20. The van der Waals surface area contributed by atoms with Crippen molar-refractivity contribution in [3.8, 4) is 17.6 Å². The van der Waals surface area contributed by atoms with Gasteiger partial charge in [-0.3, -0.25) is 4.28 Å². The summed E-state index contributed by atoms with van der Waals surface area (Å²) < 4.78 is 40.4. The lowest BCUT2D eigenvalue weighted by molar-refractivity contribution is 0.339. The van der Waals surface area contributed by atoms with E-state index in [0.29, 0.717) is 17.1 Å². The van der Waals surface area contributed by atoms with Gasteiger partial charge in [-0.05, 0) is 48.7 Å². The highest BCUT2D eigenvalue weighted by Gasteiger charge is 2.17. The molecule has 0 fully saturated rings. The number of oxime groups is 1. The lowest BCUT2D eigenvalue weighted by Crippen LogP contribution is -2.06. The number of hydrogen-bond donors (Lipinski definition) is 0. The quantitative estimate of drug-likeness (QED) is 0.131. The molecule has 2 aromatic carbocycles. The lowest BCUT2D eigenvalue weighted by Gasteiger charge is -2.08. The molecule has 0 aromatic heterocycles. The van der Waals surface area contributed by atoms with E-state index in [9.17, 15) is 13.7 Å². The molecule has 0 unspecified atom stereocenters. The summed E-state index contributed by atoms with van der Waals surface area (Å²) in [6, 6.07) is 13.2. The van der Waals surface area contributed by atoms with Crippen LogP contribution in [0.5, 0.6) is 11.5 Å². The van der Waals surface area contributed by atoms with E-state index in [2.05, 4.69) is 12.1 Å².